The van der Waals surface area contributed by atoms with E-state index in [1.807, 2.05) is 0 Å². The largest absolute Gasteiger partial charge is 0.339 e. The van der Waals surface area contributed by atoms with E-state index in [-0.39, 0.29) is 16.6 Å². The van der Waals surface area contributed by atoms with E-state index in [4.69, 9.17) is 0 Å². The second-order valence-electron chi connectivity index (χ2n) is 5.34. The van der Waals surface area contributed by atoms with Crippen molar-refractivity contribution in [3.05, 3.63) is 54.2 Å². The van der Waals surface area contributed by atoms with Crippen LogP contribution in [0.3, 0.4) is 0 Å². The lowest BCUT2D eigenvalue weighted by molar-refractivity contribution is 0.0792. The highest BCUT2D eigenvalue weighted by Gasteiger charge is 2.20. The average Bonchev–Trinajstić information content (AvgIpc) is 3.09. The van der Waals surface area contributed by atoms with Crippen LogP contribution in [0.25, 0.3) is 0 Å². The molecule has 1 aromatic heterocycles. The molecule has 1 aromatic carbocycles. The van der Waals surface area contributed by atoms with Gasteiger partial charge >= 0.3 is 0 Å². The number of carbonyl (C=O) groups is 1. The molecule has 2 aromatic rings. The minimum absolute atomic E-state index is 0.0517. The van der Waals surface area contributed by atoms with E-state index in [9.17, 15) is 13.2 Å². The molecular weight excluding hydrogens is 314 g/mol. The molecule has 1 fully saturated rings. The van der Waals surface area contributed by atoms with Gasteiger partial charge in [-0.1, -0.05) is 6.07 Å². The number of nitrogens with zero attached hydrogens (tertiary/aromatic N) is 2. The van der Waals surface area contributed by atoms with Crippen LogP contribution < -0.4 is 4.72 Å². The Morgan fingerprint density at radius 1 is 1.04 bits per heavy atom. The Labute approximate surface area is 135 Å². The van der Waals surface area contributed by atoms with Gasteiger partial charge in [0.1, 0.15) is 5.82 Å². The van der Waals surface area contributed by atoms with Crippen LogP contribution in [0, 0.1) is 0 Å². The molecule has 1 amide bonds. The first-order chi connectivity index (χ1) is 11.1. The number of rotatable bonds is 4. The summed E-state index contributed by atoms with van der Waals surface area (Å²) in [6.45, 7) is 1.53. The summed E-state index contributed by atoms with van der Waals surface area (Å²) in [6.07, 6.45) is 3.55. The summed E-state index contributed by atoms with van der Waals surface area (Å²) in [5.74, 6) is 0.203. The third kappa shape index (κ3) is 3.50. The third-order valence-electron chi connectivity index (χ3n) is 3.71. The molecule has 2 heterocycles. The van der Waals surface area contributed by atoms with E-state index in [1.54, 1.807) is 35.2 Å². The zero-order chi connectivity index (χ0) is 16.3. The van der Waals surface area contributed by atoms with Crippen LogP contribution in [0.2, 0.25) is 0 Å². The summed E-state index contributed by atoms with van der Waals surface area (Å²) >= 11 is 0. The lowest BCUT2D eigenvalue weighted by Crippen LogP contribution is -2.27. The van der Waals surface area contributed by atoms with E-state index in [0.717, 1.165) is 25.9 Å². The third-order valence-corrected chi connectivity index (χ3v) is 5.08. The number of hydrogen-bond donors (Lipinski definition) is 1. The molecule has 1 N–H and O–H groups in total. The van der Waals surface area contributed by atoms with Gasteiger partial charge in [0.15, 0.2) is 0 Å². The highest BCUT2D eigenvalue weighted by Crippen LogP contribution is 2.17. The zero-order valence-corrected chi connectivity index (χ0v) is 13.3. The van der Waals surface area contributed by atoms with Gasteiger partial charge in [-0.3, -0.25) is 9.52 Å². The minimum Gasteiger partial charge on any atom is -0.339 e. The van der Waals surface area contributed by atoms with Crippen LogP contribution >= 0.6 is 0 Å². The molecule has 0 spiro atoms. The average molecular weight is 331 g/mol. The molecule has 1 aliphatic heterocycles. The predicted octanol–water partition coefficient (Wildman–Crippen LogP) is 2.12. The van der Waals surface area contributed by atoms with E-state index >= 15 is 0 Å². The number of likely N-dealkylation sites (tertiary alicyclic amines) is 1. The number of aromatic nitrogens is 1. The number of anilines is 1. The van der Waals surface area contributed by atoms with Gasteiger partial charge in [-0.25, -0.2) is 13.4 Å². The van der Waals surface area contributed by atoms with Gasteiger partial charge in [-0.15, -0.1) is 0 Å². The van der Waals surface area contributed by atoms with Crippen molar-refractivity contribution < 1.29 is 13.2 Å². The second-order valence-corrected chi connectivity index (χ2v) is 7.03. The fraction of sp³-hybridized carbons (Fsp3) is 0.250. The first-order valence-corrected chi connectivity index (χ1v) is 8.88. The van der Waals surface area contributed by atoms with Gasteiger partial charge in [0.25, 0.3) is 15.9 Å². The zero-order valence-electron chi connectivity index (χ0n) is 12.5. The Bertz CT molecular complexity index is 783. The summed E-state index contributed by atoms with van der Waals surface area (Å²) in [7, 11) is -3.71. The topological polar surface area (TPSA) is 79.4 Å². The standard InChI is InChI=1S/C16H17N3O3S/c20-16(19-11-3-4-12-19)13-6-8-14(9-7-13)23(21,22)18-15-5-1-2-10-17-15/h1-2,5-10H,3-4,11-12H2,(H,17,18). The molecule has 6 nitrogen and oxygen atoms in total. The first kappa shape index (κ1) is 15.5. The summed E-state index contributed by atoms with van der Waals surface area (Å²) in [6, 6.07) is 11.0. The maximum absolute atomic E-state index is 12.3. The molecular formula is C16H17N3O3S. The molecule has 3 rings (SSSR count). The molecule has 7 heteroatoms. The predicted molar refractivity (Wildman–Crippen MR) is 86.6 cm³/mol. The number of amides is 1. The van der Waals surface area contributed by atoms with Crippen molar-refractivity contribution in [1.29, 1.82) is 0 Å². The molecule has 0 aliphatic carbocycles. The smallest absolute Gasteiger partial charge is 0.263 e. The van der Waals surface area contributed by atoms with E-state index in [0.29, 0.717) is 5.56 Å². The Morgan fingerprint density at radius 3 is 2.35 bits per heavy atom. The maximum atomic E-state index is 12.3. The van der Waals surface area contributed by atoms with Crippen LogP contribution in [0.4, 0.5) is 5.82 Å². The normalized spacial score (nSPS) is 14.7. The van der Waals surface area contributed by atoms with E-state index < -0.39 is 10.0 Å². The van der Waals surface area contributed by atoms with Gasteiger partial charge in [-0.05, 0) is 49.2 Å². The summed E-state index contributed by atoms with van der Waals surface area (Å²) in [4.78, 5) is 18.1. The van der Waals surface area contributed by atoms with Crippen LogP contribution in [0.5, 0.6) is 0 Å². The monoisotopic (exact) mass is 331 g/mol. The highest BCUT2D eigenvalue weighted by atomic mass is 32.2. The number of hydrogen-bond acceptors (Lipinski definition) is 4. The number of sulfonamides is 1. The Kier molecular flexibility index (Phi) is 4.29. The number of benzene rings is 1. The van der Waals surface area contributed by atoms with Crippen molar-refractivity contribution in [3.8, 4) is 0 Å². The van der Waals surface area contributed by atoms with Gasteiger partial charge in [0.05, 0.1) is 4.90 Å². The molecule has 1 aliphatic rings. The minimum atomic E-state index is -3.71. The lowest BCUT2D eigenvalue weighted by Gasteiger charge is -2.15. The molecule has 120 valence electrons. The lowest BCUT2D eigenvalue weighted by atomic mass is 10.2. The molecule has 1 saturated heterocycles. The molecule has 0 saturated carbocycles. The molecule has 0 bridgehead atoms. The van der Waals surface area contributed by atoms with Gasteiger partial charge in [0, 0.05) is 24.8 Å². The van der Waals surface area contributed by atoms with Gasteiger partial charge in [0.2, 0.25) is 0 Å². The Balaban J connectivity index is 1.77. The molecule has 0 atom stereocenters. The first-order valence-electron chi connectivity index (χ1n) is 7.39. The van der Waals surface area contributed by atoms with Crippen molar-refractivity contribution in [2.45, 2.75) is 17.7 Å². The van der Waals surface area contributed by atoms with Crippen molar-refractivity contribution in [2.75, 3.05) is 17.8 Å². The fourth-order valence-electron chi connectivity index (χ4n) is 2.50. The number of carbonyl (C=O) groups excluding carboxylic acids is 1. The van der Waals surface area contributed by atoms with E-state index in [1.165, 1.54) is 18.3 Å². The number of pyridine rings is 1. The molecule has 0 radical (unpaired) electrons. The summed E-state index contributed by atoms with van der Waals surface area (Å²) in [5.41, 5.74) is 0.503. The van der Waals surface area contributed by atoms with Crippen molar-refractivity contribution in [1.82, 2.24) is 9.88 Å². The summed E-state index contributed by atoms with van der Waals surface area (Å²) in [5, 5.41) is 0. The molecule has 0 unspecified atom stereocenters. The summed E-state index contributed by atoms with van der Waals surface area (Å²) < 4.78 is 27.0. The second kappa shape index (κ2) is 6.37. The number of nitrogens with one attached hydrogen (secondary N) is 1. The molecule has 23 heavy (non-hydrogen) atoms. The van der Waals surface area contributed by atoms with Gasteiger partial charge < -0.3 is 4.90 Å². The van der Waals surface area contributed by atoms with E-state index in [2.05, 4.69) is 9.71 Å². The SMILES string of the molecule is O=C(c1ccc(S(=O)(=O)Nc2ccccn2)cc1)N1CCCC1. The fourth-order valence-corrected chi connectivity index (χ4v) is 3.51. The Hall–Kier alpha value is -2.41. The van der Waals surface area contributed by atoms with Crippen molar-refractivity contribution in [3.63, 3.8) is 0 Å². The van der Waals surface area contributed by atoms with Crippen LogP contribution in [-0.2, 0) is 10.0 Å². The quantitative estimate of drug-likeness (QED) is 0.931. The Morgan fingerprint density at radius 2 is 1.74 bits per heavy atom. The highest BCUT2D eigenvalue weighted by molar-refractivity contribution is 7.92. The maximum Gasteiger partial charge on any atom is 0.263 e. The van der Waals surface area contributed by atoms with Crippen LogP contribution in [-0.4, -0.2) is 37.3 Å². The van der Waals surface area contributed by atoms with Crippen LogP contribution in [0.1, 0.15) is 23.2 Å². The van der Waals surface area contributed by atoms with Crippen LogP contribution in [0.15, 0.2) is 53.6 Å². The van der Waals surface area contributed by atoms with Crippen molar-refractivity contribution >= 4 is 21.7 Å². The van der Waals surface area contributed by atoms with Gasteiger partial charge in [-0.2, -0.15) is 0 Å². The van der Waals surface area contributed by atoms with Crippen molar-refractivity contribution in [2.24, 2.45) is 0 Å².